The quantitative estimate of drug-likeness (QED) is 0.556. The van der Waals surface area contributed by atoms with Crippen molar-refractivity contribution in [1.29, 1.82) is 10.5 Å². The summed E-state index contributed by atoms with van der Waals surface area (Å²) in [5, 5.41) is 18.2. The van der Waals surface area contributed by atoms with Gasteiger partial charge in [-0.2, -0.15) is 23.7 Å². The highest BCUT2D eigenvalue weighted by atomic mass is 19.4. The van der Waals surface area contributed by atoms with E-state index in [1.54, 1.807) is 6.92 Å². The third-order valence-corrected chi connectivity index (χ3v) is 3.60. The molecule has 0 aromatic heterocycles. The highest BCUT2D eigenvalue weighted by Crippen LogP contribution is 2.37. The lowest BCUT2D eigenvalue weighted by Gasteiger charge is -2.29. The van der Waals surface area contributed by atoms with Crippen molar-refractivity contribution in [2.45, 2.75) is 51.8 Å². The fourth-order valence-electron chi connectivity index (χ4n) is 1.60. The molecule has 0 aromatic rings. The minimum absolute atomic E-state index is 0.288. The second-order valence-electron chi connectivity index (χ2n) is 5.18. The molecular weight excluding hydrogens is 297 g/mol. The second kappa shape index (κ2) is 7.18. The molecule has 0 aliphatic carbocycles. The number of nitriles is 2. The molecule has 0 amide bonds. The molecule has 2 atom stereocenters. The number of hydrogen-bond acceptors (Lipinski definition) is 4. The van der Waals surface area contributed by atoms with Crippen LogP contribution in [0.15, 0.2) is 0 Å². The zero-order valence-electron chi connectivity index (χ0n) is 12.6. The van der Waals surface area contributed by atoms with Crippen LogP contribution in [0.1, 0.15) is 40.0 Å². The van der Waals surface area contributed by atoms with Gasteiger partial charge in [-0.25, -0.2) is 0 Å². The van der Waals surface area contributed by atoms with Crippen molar-refractivity contribution in [2.24, 2.45) is 11.3 Å². The van der Waals surface area contributed by atoms with E-state index in [-0.39, 0.29) is 6.42 Å². The first-order valence-electron chi connectivity index (χ1n) is 6.59. The Hall–Kier alpha value is -2.20. The Bertz CT molecular complexity index is 523. The normalized spacial score (nSPS) is 15.6. The molecule has 0 aliphatic rings. The lowest BCUT2D eigenvalue weighted by atomic mass is 9.75. The van der Waals surface area contributed by atoms with Crippen molar-refractivity contribution in [1.82, 2.24) is 0 Å². The minimum Gasteiger partial charge on any atom is -0.446 e. The van der Waals surface area contributed by atoms with Gasteiger partial charge < -0.3 is 4.74 Å². The first-order valence-corrected chi connectivity index (χ1v) is 6.59. The lowest BCUT2D eigenvalue weighted by Crippen LogP contribution is -2.39. The molecule has 0 spiro atoms. The van der Waals surface area contributed by atoms with E-state index in [2.05, 4.69) is 5.92 Å². The molecule has 120 valence electrons. The van der Waals surface area contributed by atoms with E-state index < -0.39 is 41.9 Å². The molecule has 0 heterocycles. The van der Waals surface area contributed by atoms with Gasteiger partial charge in [0, 0.05) is 6.42 Å². The highest BCUT2D eigenvalue weighted by molar-refractivity contribution is 5.75. The van der Waals surface area contributed by atoms with Gasteiger partial charge in [0.25, 0.3) is 0 Å². The summed E-state index contributed by atoms with van der Waals surface area (Å²) < 4.78 is 42.1. The van der Waals surface area contributed by atoms with Crippen LogP contribution in [-0.2, 0) is 9.53 Å². The molecule has 0 bridgehead atoms. The van der Waals surface area contributed by atoms with Crippen LogP contribution in [0.4, 0.5) is 13.2 Å². The van der Waals surface area contributed by atoms with Crippen LogP contribution in [0.25, 0.3) is 0 Å². The maximum atomic E-state index is 12.3. The number of terminal acetylenes is 1. The van der Waals surface area contributed by atoms with Gasteiger partial charge in [-0.3, -0.25) is 4.79 Å². The molecule has 0 radical (unpaired) electrons. The van der Waals surface area contributed by atoms with Crippen molar-refractivity contribution < 1.29 is 22.7 Å². The largest absolute Gasteiger partial charge is 0.446 e. The van der Waals surface area contributed by atoms with E-state index in [9.17, 15) is 18.0 Å². The summed E-state index contributed by atoms with van der Waals surface area (Å²) in [5.41, 5.74) is -3.35. The van der Waals surface area contributed by atoms with Gasteiger partial charge >= 0.3 is 12.1 Å². The summed E-state index contributed by atoms with van der Waals surface area (Å²) in [6.07, 6.45) is -1.14. The van der Waals surface area contributed by atoms with Gasteiger partial charge in [-0.15, -0.1) is 6.42 Å². The Balaban J connectivity index is 5.29. The second-order valence-corrected chi connectivity index (χ2v) is 5.18. The summed E-state index contributed by atoms with van der Waals surface area (Å²) in [5.74, 6) is -0.0538. The van der Waals surface area contributed by atoms with Crippen molar-refractivity contribution >= 4 is 5.97 Å². The molecule has 2 unspecified atom stereocenters. The average Bonchev–Trinajstić information content (AvgIpc) is 2.47. The third kappa shape index (κ3) is 4.97. The number of halogens is 3. The Morgan fingerprint density at radius 2 is 1.77 bits per heavy atom. The van der Waals surface area contributed by atoms with Gasteiger partial charge in [0.2, 0.25) is 0 Å². The molecule has 0 rings (SSSR count). The smallest absolute Gasteiger partial charge is 0.389 e. The van der Waals surface area contributed by atoms with Crippen molar-refractivity contribution in [3.63, 3.8) is 0 Å². The molecule has 0 fully saturated rings. The highest BCUT2D eigenvalue weighted by Gasteiger charge is 2.46. The van der Waals surface area contributed by atoms with E-state index in [1.807, 2.05) is 0 Å². The molecule has 0 aliphatic heterocycles. The van der Waals surface area contributed by atoms with Crippen LogP contribution in [-0.4, -0.2) is 17.7 Å². The molecule has 0 aromatic carbocycles. The van der Waals surface area contributed by atoms with Gasteiger partial charge in [0.05, 0.1) is 18.1 Å². The summed E-state index contributed by atoms with van der Waals surface area (Å²) in [6, 6.07) is 3.05. The van der Waals surface area contributed by atoms with Crippen LogP contribution < -0.4 is 0 Å². The molecule has 4 nitrogen and oxygen atoms in total. The van der Waals surface area contributed by atoms with Crippen LogP contribution in [0.5, 0.6) is 0 Å². The van der Waals surface area contributed by atoms with Gasteiger partial charge in [-0.1, -0.05) is 12.8 Å². The van der Waals surface area contributed by atoms with Crippen LogP contribution in [0.2, 0.25) is 0 Å². The summed E-state index contributed by atoms with van der Waals surface area (Å²) >= 11 is 0. The minimum atomic E-state index is -4.53. The third-order valence-electron chi connectivity index (χ3n) is 3.60. The number of rotatable bonds is 6. The van der Waals surface area contributed by atoms with Crippen LogP contribution in [0, 0.1) is 46.3 Å². The first-order chi connectivity index (χ1) is 9.99. The van der Waals surface area contributed by atoms with Crippen LogP contribution in [0.3, 0.4) is 0 Å². The number of nitrogens with zero attached hydrogens (tertiary/aromatic N) is 2. The molecule has 0 saturated carbocycles. The number of ether oxygens (including phenoxy) is 1. The standard InChI is InChI=1S/C15H17F3N2O2/c1-5-13(4,6-2)22-12(21)11(3)14(9-19,10-20)7-8-15(16,17)18/h1,11H,6-8H2,2-4H3. The Morgan fingerprint density at radius 3 is 2.09 bits per heavy atom. The molecule has 7 heteroatoms. The predicted octanol–water partition coefficient (Wildman–Crippen LogP) is 3.34. The summed E-state index contributed by atoms with van der Waals surface area (Å²) in [6.45, 7) is 4.33. The van der Waals surface area contributed by atoms with E-state index >= 15 is 0 Å². The zero-order chi connectivity index (χ0) is 17.6. The molecule has 22 heavy (non-hydrogen) atoms. The van der Waals surface area contributed by atoms with Crippen LogP contribution >= 0.6 is 0 Å². The summed E-state index contributed by atoms with van der Waals surface area (Å²) in [7, 11) is 0. The number of alkyl halides is 3. The van der Waals surface area contributed by atoms with E-state index in [4.69, 9.17) is 21.7 Å². The topological polar surface area (TPSA) is 73.9 Å². The SMILES string of the molecule is C#CC(C)(CC)OC(=O)C(C)C(C#N)(C#N)CCC(F)(F)F. The average molecular weight is 314 g/mol. The predicted molar refractivity (Wildman–Crippen MR) is 71.7 cm³/mol. The molecule has 0 saturated heterocycles. The Kier molecular flexibility index (Phi) is 6.46. The zero-order valence-corrected chi connectivity index (χ0v) is 12.6. The monoisotopic (exact) mass is 314 g/mol. The Morgan fingerprint density at radius 1 is 1.27 bits per heavy atom. The van der Waals surface area contributed by atoms with E-state index in [0.29, 0.717) is 0 Å². The number of esters is 1. The fraction of sp³-hybridized carbons (Fsp3) is 0.667. The number of carbonyl (C=O) groups is 1. The van der Waals surface area contributed by atoms with Gasteiger partial charge in [0.1, 0.15) is 0 Å². The molecule has 0 N–H and O–H groups in total. The van der Waals surface area contributed by atoms with Crippen molar-refractivity contribution in [3.8, 4) is 24.5 Å². The van der Waals surface area contributed by atoms with E-state index in [0.717, 1.165) is 0 Å². The number of hydrogen-bond donors (Lipinski definition) is 0. The first kappa shape index (κ1) is 19.8. The van der Waals surface area contributed by atoms with Crippen molar-refractivity contribution in [2.75, 3.05) is 0 Å². The lowest BCUT2D eigenvalue weighted by molar-refractivity contribution is -0.162. The molecular formula is C15H17F3N2O2. The van der Waals surface area contributed by atoms with Gasteiger partial charge in [0.15, 0.2) is 11.0 Å². The summed E-state index contributed by atoms with van der Waals surface area (Å²) in [4.78, 5) is 12.1. The number of carbonyl (C=O) groups excluding carboxylic acids is 1. The Labute approximate surface area is 127 Å². The fourth-order valence-corrected chi connectivity index (χ4v) is 1.60. The maximum absolute atomic E-state index is 12.3. The van der Waals surface area contributed by atoms with Gasteiger partial charge in [-0.05, 0) is 26.7 Å². The van der Waals surface area contributed by atoms with E-state index in [1.165, 1.54) is 26.0 Å². The maximum Gasteiger partial charge on any atom is 0.389 e. The van der Waals surface area contributed by atoms with Crippen molar-refractivity contribution in [3.05, 3.63) is 0 Å².